The summed E-state index contributed by atoms with van der Waals surface area (Å²) < 4.78 is 42.6. The maximum Gasteiger partial charge on any atom is 0.416 e. The Kier molecular flexibility index (Phi) is 8.57. The minimum Gasteiger partial charge on any atom is -0.507 e. The third kappa shape index (κ3) is 6.53. The van der Waals surface area contributed by atoms with E-state index in [0.29, 0.717) is 23.9 Å². The molecule has 1 unspecified atom stereocenters. The van der Waals surface area contributed by atoms with Crippen molar-refractivity contribution in [1.82, 2.24) is 15.5 Å². The molecule has 3 rings (SSSR count). The molecule has 1 aliphatic heterocycles. The van der Waals surface area contributed by atoms with E-state index in [2.05, 4.69) is 25.6 Å². The number of anilines is 1. The standard InChI is InChI=1S/C18H22F3N5O.C2H4O2/c1-10-5-12(18(19,20)21)7-15(27)16(10)14-6-11(8-22)17(26-25-14)24-13-3-2-4-23-9-13;1-4-2-3/h5-7,13,23,27H,2-4,8-9,22H2,1H3,(H,24,26);2H,1H3. The van der Waals surface area contributed by atoms with Gasteiger partial charge in [-0.05, 0) is 50.1 Å². The van der Waals surface area contributed by atoms with E-state index in [4.69, 9.17) is 10.5 Å². The lowest BCUT2D eigenvalue weighted by molar-refractivity contribution is -0.137. The van der Waals surface area contributed by atoms with Gasteiger partial charge >= 0.3 is 6.18 Å². The summed E-state index contributed by atoms with van der Waals surface area (Å²) in [5.74, 6) is 0.0655. The number of carbonyl (C=O) groups excluding carboxylic acids is 1. The predicted molar refractivity (Wildman–Crippen MR) is 109 cm³/mol. The summed E-state index contributed by atoms with van der Waals surface area (Å²) in [6.45, 7) is 3.85. The van der Waals surface area contributed by atoms with Crippen molar-refractivity contribution in [3.05, 3.63) is 34.9 Å². The summed E-state index contributed by atoms with van der Waals surface area (Å²) in [6, 6.07) is 3.55. The first-order valence-corrected chi connectivity index (χ1v) is 9.62. The average molecular weight is 441 g/mol. The van der Waals surface area contributed by atoms with E-state index in [0.717, 1.165) is 32.0 Å². The normalized spacial score (nSPS) is 16.1. The molecule has 0 bridgehead atoms. The molecule has 1 aromatic heterocycles. The number of hydrogen-bond acceptors (Lipinski definition) is 8. The maximum absolute atomic E-state index is 12.9. The Hall–Kier alpha value is -2.92. The number of piperidine rings is 1. The lowest BCUT2D eigenvalue weighted by Gasteiger charge is -2.25. The first-order chi connectivity index (χ1) is 14.7. The SMILES string of the molecule is COC=O.Cc1cc(C(F)(F)F)cc(O)c1-c1cc(CN)c(NC2CCCNC2)nn1. The average Bonchev–Trinajstić information content (AvgIpc) is 2.74. The summed E-state index contributed by atoms with van der Waals surface area (Å²) in [7, 11) is 1.31. The molecule has 5 N–H and O–H groups in total. The van der Waals surface area contributed by atoms with E-state index in [-0.39, 0.29) is 29.4 Å². The summed E-state index contributed by atoms with van der Waals surface area (Å²) in [5.41, 5.74) is 6.37. The molecule has 1 aromatic carbocycles. The highest BCUT2D eigenvalue weighted by Crippen LogP contribution is 2.38. The molecule has 11 heteroatoms. The van der Waals surface area contributed by atoms with Crippen molar-refractivity contribution in [3.63, 3.8) is 0 Å². The summed E-state index contributed by atoms with van der Waals surface area (Å²) >= 11 is 0. The number of methoxy groups -OCH3 is 1. The van der Waals surface area contributed by atoms with Gasteiger partial charge in [0.2, 0.25) is 0 Å². The van der Waals surface area contributed by atoms with Crippen LogP contribution in [0.4, 0.5) is 19.0 Å². The molecule has 0 amide bonds. The molecule has 1 atom stereocenters. The van der Waals surface area contributed by atoms with Gasteiger partial charge < -0.3 is 26.2 Å². The Morgan fingerprint density at radius 3 is 2.58 bits per heavy atom. The predicted octanol–water partition coefficient (Wildman–Crippen LogP) is 2.59. The number of nitrogens with one attached hydrogen (secondary N) is 2. The maximum atomic E-state index is 12.9. The van der Waals surface area contributed by atoms with Gasteiger partial charge in [0.25, 0.3) is 6.47 Å². The summed E-state index contributed by atoms with van der Waals surface area (Å²) in [5, 5.41) is 25.0. The zero-order chi connectivity index (χ0) is 23.0. The van der Waals surface area contributed by atoms with Crippen LogP contribution in [0.15, 0.2) is 18.2 Å². The van der Waals surface area contributed by atoms with Crippen molar-refractivity contribution in [3.8, 4) is 17.0 Å². The third-order valence-corrected chi connectivity index (χ3v) is 4.72. The van der Waals surface area contributed by atoms with E-state index < -0.39 is 17.5 Å². The Morgan fingerprint density at radius 2 is 2.06 bits per heavy atom. The lowest BCUT2D eigenvalue weighted by atomic mass is 9.99. The number of alkyl halides is 3. The van der Waals surface area contributed by atoms with E-state index >= 15 is 0 Å². The van der Waals surface area contributed by atoms with Crippen LogP contribution in [0, 0.1) is 6.92 Å². The number of ether oxygens (including phenoxy) is 1. The van der Waals surface area contributed by atoms with Crippen LogP contribution in [0.25, 0.3) is 11.3 Å². The van der Waals surface area contributed by atoms with Crippen LogP contribution in [0.2, 0.25) is 0 Å². The Balaban J connectivity index is 0.000000785. The number of rotatable bonds is 5. The monoisotopic (exact) mass is 441 g/mol. The molecule has 8 nitrogen and oxygen atoms in total. The Morgan fingerprint density at radius 1 is 1.35 bits per heavy atom. The molecular formula is C20H26F3N5O3. The molecule has 1 fully saturated rings. The van der Waals surface area contributed by atoms with Crippen molar-refractivity contribution in [2.45, 2.75) is 38.5 Å². The van der Waals surface area contributed by atoms with Crippen LogP contribution in [0.1, 0.15) is 29.5 Å². The van der Waals surface area contributed by atoms with E-state index in [9.17, 15) is 18.3 Å². The second kappa shape index (κ2) is 10.9. The fourth-order valence-corrected chi connectivity index (χ4v) is 3.26. The molecule has 0 spiro atoms. The first kappa shape index (κ1) is 24.4. The smallest absolute Gasteiger partial charge is 0.416 e. The highest BCUT2D eigenvalue weighted by atomic mass is 19.4. The van der Waals surface area contributed by atoms with Gasteiger partial charge in [-0.25, -0.2) is 0 Å². The fourth-order valence-electron chi connectivity index (χ4n) is 3.26. The van der Waals surface area contributed by atoms with Crippen LogP contribution < -0.4 is 16.4 Å². The number of nitrogens with zero attached hydrogens (tertiary/aromatic N) is 2. The lowest BCUT2D eigenvalue weighted by Crippen LogP contribution is -2.39. The molecule has 1 saturated heterocycles. The molecule has 0 saturated carbocycles. The number of nitrogens with two attached hydrogens (primary N) is 1. The van der Waals surface area contributed by atoms with Crippen molar-refractivity contribution >= 4 is 12.3 Å². The van der Waals surface area contributed by atoms with Crippen LogP contribution >= 0.6 is 0 Å². The number of phenolic OH excluding ortho intramolecular Hbond substituents is 1. The van der Waals surface area contributed by atoms with Gasteiger partial charge in [-0.1, -0.05) is 0 Å². The van der Waals surface area contributed by atoms with E-state index in [1.807, 2.05) is 0 Å². The van der Waals surface area contributed by atoms with Gasteiger partial charge in [0.05, 0.1) is 18.4 Å². The number of phenols is 1. The number of hydrogen-bond donors (Lipinski definition) is 4. The molecule has 0 radical (unpaired) electrons. The highest BCUT2D eigenvalue weighted by Gasteiger charge is 2.32. The molecule has 170 valence electrons. The van der Waals surface area contributed by atoms with Crippen LogP contribution in [0.3, 0.4) is 0 Å². The van der Waals surface area contributed by atoms with Crippen LogP contribution in [-0.2, 0) is 22.3 Å². The van der Waals surface area contributed by atoms with Gasteiger partial charge in [0.1, 0.15) is 5.75 Å². The second-order valence-corrected chi connectivity index (χ2v) is 7.01. The van der Waals surface area contributed by atoms with E-state index in [1.165, 1.54) is 14.0 Å². The number of benzene rings is 1. The number of aryl methyl sites for hydroxylation is 1. The van der Waals surface area contributed by atoms with Crippen LogP contribution in [0.5, 0.6) is 5.75 Å². The minimum absolute atomic E-state index is 0.186. The molecule has 1 aliphatic rings. The number of aromatic hydroxyl groups is 1. The van der Waals surface area contributed by atoms with Gasteiger partial charge in [-0.3, -0.25) is 4.79 Å². The zero-order valence-electron chi connectivity index (χ0n) is 17.3. The second-order valence-electron chi connectivity index (χ2n) is 7.01. The molecule has 0 aliphatic carbocycles. The van der Waals surface area contributed by atoms with Crippen LogP contribution in [-0.4, -0.2) is 48.0 Å². The summed E-state index contributed by atoms with van der Waals surface area (Å²) in [6.07, 6.45) is -2.48. The number of aromatic nitrogens is 2. The van der Waals surface area contributed by atoms with Crippen molar-refractivity contribution in [2.24, 2.45) is 5.73 Å². The Labute approximate surface area is 178 Å². The van der Waals surface area contributed by atoms with Gasteiger partial charge in [0, 0.05) is 30.3 Å². The third-order valence-electron chi connectivity index (χ3n) is 4.72. The van der Waals surface area contributed by atoms with Crippen molar-refractivity contribution < 1.29 is 27.8 Å². The molecular weight excluding hydrogens is 415 g/mol. The topological polar surface area (TPSA) is 122 Å². The van der Waals surface area contributed by atoms with E-state index in [1.54, 1.807) is 6.07 Å². The van der Waals surface area contributed by atoms with Gasteiger partial charge in [-0.15, -0.1) is 10.2 Å². The zero-order valence-corrected chi connectivity index (χ0v) is 17.3. The minimum atomic E-state index is -4.53. The van der Waals surface area contributed by atoms with Crippen molar-refractivity contribution in [2.75, 3.05) is 25.5 Å². The fraction of sp³-hybridized carbons (Fsp3) is 0.450. The Bertz CT molecular complexity index is 864. The number of carbonyl (C=O) groups is 1. The van der Waals surface area contributed by atoms with Crippen molar-refractivity contribution in [1.29, 1.82) is 0 Å². The van der Waals surface area contributed by atoms with Gasteiger partial charge in [-0.2, -0.15) is 13.2 Å². The molecule has 2 heterocycles. The summed E-state index contributed by atoms with van der Waals surface area (Å²) in [4.78, 5) is 8.95. The largest absolute Gasteiger partial charge is 0.507 e. The molecule has 2 aromatic rings. The quantitative estimate of drug-likeness (QED) is 0.523. The number of halogens is 3. The first-order valence-electron chi connectivity index (χ1n) is 9.62. The molecule has 31 heavy (non-hydrogen) atoms. The van der Waals surface area contributed by atoms with Gasteiger partial charge in [0.15, 0.2) is 5.82 Å². The highest BCUT2D eigenvalue weighted by molar-refractivity contribution is 5.72.